The zero-order valence-electron chi connectivity index (χ0n) is 9.63. The fourth-order valence-electron chi connectivity index (χ4n) is 1.76. The third kappa shape index (κ3) is 2.73. The summed E-state index contributed by atoms with van der Waals surface area (Å²) in [5.74, 6) is 1.47. The van der Waals surface area contributed by atoms with Crippen molar-refractivity contribution < 1.29 is 14.6 Å². The Kier molecular flexibility index (Phi) is 3.91. The van der Waals surface area contributed by atoms with Gasteiger partial charge in [0.05, 0.1) is 19.8 Å². The summed E-state index contributed by atoms with van der Waals surface area (Å²) in [6.07, 6.45) is 0. The standard InChI is InChI=1S/C12H15NO3S/c1-16-11-4-2-9(3-5-11)6-13-10(7-14)8-17-12(13)15/h2-5,10,14H,6-8H2,1H3/t10-/m1/s1. The normalized spacial score (nSPS) is 19.8. The predicted molar refractivity (Wildman–Crippen MR) is 67.3 cm³/mol. The van der Waals surface area contributed by atoms with Crippen LogP contribution in [0.2, 0.25) is 0 Å². The Hall–Kier alpha value is -1.20. The van der Waals surface area contributed by atoms with Crippen molar-refractivity contribution in [1.29, 1.82) is 0 Å². The molecule has 1 aromatic rings. The summed E-state index contributed by atoms with van der Waals surface area (Å²) in [5.41, 5.74) is 1.04. The van der Waals surface area contributed by atoms with E-state index < -0.39 is 0 Å². The van der Waals surface area contributed by atoms with E-state index in [1.54, 1.807) is 12.0 Å². The average Bonchev–Trinajstić information content (AvgIpc) is 2.71. The van der Waals surface area contributed by atoms with Crippen LogP contribution in [0, 0.1) is 0 Å². The number of methoxy groups -OCH3 is 1. The van der Waals surface area contributed by atoms with Crippen LogP contribution < -0.4 is 4.74 Å². The maximum absolute atomic E-state index is 11.6. The fourth-order valence-corrected chi connectivity index (χ4v) is 2.76. The molecule has 0 spiro atoms. The van der Waals surface area contributed by atoms with Gasteiger partial charge >= 0.3 is 0 Å². The Morgan fingerprint density at radius 3 is 2.76 bits per heavy atom. The van der Waals surface area contributed by atoms with Crippen LogP contribution >= 0.6 is 11.8 Å². The number of hydrogen-bond donors (Lipinski definition) is 1. The predicted octanol–water partition coefficient (Wildman–Crippen LogP) is 1.72. The number of amides is 1. The smallest absolute Gasteiger partial charge is 0.282 e. The first-order valence-corrected chi connectivity index (χ1v) is 6.40. The van der Waals surface area contributed by atoms with E-state index in [0.29, 0.717) is 12.3 Å². The molecule has 1 fully saturated rings. The van der Waals surface area contributed by atoms with Crippen LogP contribution in [0.25, 0.3) is 0 Å². The van der Waals surface area contributed by atoms with Gasteiger partial charge in [0.1, 0.15) is 5.75 Å². The van der Waals surface area contributed by atoms with Crippen LogP contribution in [0.15, 0.2) is 24.3 Å². The van der Waals surface area contributed by atoms with Crippen molar-refractivity contribution in [2.45, 2.75) is 12.6 Å². The first kappa shape index (κ1) is 12.3. The maximum atomic E-state index is 11.6. The molecular weight excluding hydrogens is 238 g/mol. The van der Waals surface area contributed by atoms with Gasteiger partial charge in [-0.1, -0.05) is 23.9 Å². The Bertz CT molecular complexity index is 393. The quantitative estimate of drug-likeness (QED) is 0.887. The second kappa shape index (κ2) is 5.42. The highest BCUT2D eigenvalue weighted by atomic mass is 32.2. The van der Waals surface area contributed by atoms with E-state index in [4.69, 9.17) is 4.74 Å². The molecule has 0 unspecified atom stereocenters. The highest BCUT2D eigenvalue weighted by Gasteiger charge is 2.30. The van der Waals surface area contributed by atoms with Crippen molar-refractivity contribution in [3.05, 3.63) is 29.8 Å². The lowest BCUT2D eigenvalue weighted by Crippen LogP contribution is -2.35. The molecule has 92 valence electrons. The summed E-state index contributed by atoms with van der Waals surface area (Å²) in [4.78, 5) is 13.3. The van der Waals surface area contributed by atoms with Gasteiger partial charge < -0.3 is 14.7 Å². The van der Waals surface area contributed by atoms with Crippen LogP contribution in [0.3, 0.4) is 0 Å². The Morgan fingerprint density at radius 1 is 1.47 bits per heavy atom. The molecule has 1 aliphatic heterocycles. The van der Waals surface area contributed by atoms with E-state index in [-0.39, 0.29) is 17.9 Å². The molecular formula is C12H15NO3S. The van der Waals surface area contributed by atoms with E-state index in [9.17, 15) is 9.90 Å². The van der Waals surface area contributed by atoms with Crippen LogP contribution in [-0.2, 0) is 6.54 Å². The molecule has 0 aliphatic carbocycles. The average molecular weight is 253 g/mol. The van der Waals surface area contributed by atoms with Crippen LogP contribution in [0.4, 0.5) is 4.79 Å². The Labute approximate surface area is 105 Å². The van der Waals surface area contributed by atoms with Crippen molar-refractivity contribution in [3.63, 3.8) is 0 Å². The molecule has 17 heavy (non-hydrogen) atoms. The van der Waals surface area contributed by atoms with Gasteiger partial charge in [0.15, 0.2) is 0 Å². The Balaban J connectivity index is 2.06. The molecule has 5 heteroatoms. The monoisotopic (exact) mass is 253 g/mol. The number of nitrogens with zero attached hydrogens (tertiary/aromatic N) is 1. The first-order chi connectivity index (χ1) is 8.24. The van der Waals surface area contributed by atoms with Crippen molar-refractivity contribution in [1.82, 2.24) is 4.90 Å². The number of thioether (sulfide) groups is 1. The third-order valence-electron chi connectivity index (χ3n) is 2.80. The summed E-state index contributed by atoms with van der Waals surface area (Å²) in [5, 5.41) is 9.23. The molecule has 0 aromatic heterocycles. The van der Waals surface area contributed by atoms with Crippen molar-refractivity contribution >= 4 is 17.0 Å². The summed E-state index contributed by atoms with van der Waals surface area (Å²) in [7, 11) is 1.62. The molecule has 1 heterocycles. The molecule has 4 nitrogen and oxygen atoms in total. The van der Waals surface area contributed by atoms with Gasteiger partial charge in [-0.2, -0.15) is 0 Å². The number of aliphatic hydroxyl groups is 1. The van der Waals surface area contributed by atoms with Gasteiger partial charge in [0.25, 0.3) is 5.24 Å². The van der Waals surface area contributed by atoms with E-state index >= 15 is 0 Å². The van der Waals surface area contributed by atoms with Crippen molar-refractivity contribution in [2.75, 3.05) is 19.5 Å². The zero-order chi connectivity index (χ0) is 12.3. The zero-order valence-corrected chi connectivity index (χ0v) is 10.4. The summed E-state index contributed by atoms with van der Waals surface area (Å²) >= 11 is 1.27. The first-order valence-electron chi connectivity index (χ1n) is 5.41. The molecule has 1 N–H and O–H groups in total. The molecule has 1 atom stereocenters. The minimum atomic E-state index is -0.0606. The lowest BCUT2D eigenvalue weighted by molar-refractivity contribution is 0.162. The van der Waals surface area contributed by atoms with Crippen molar-refractivity contribution in [2.24, 2.45) is 0 Å². The number of hydrogen-bond acceptors (Lipinski definition) is 4. The van der Waals surface area contributed by atoms with Gasteiger partial charge in [-0.25, -0.2) is 0 Å². The number of aliphatic hydroxyl groups excluding tert-OH is 1. The van der Waals surface area contributed by atoms with E-state index in [1.807, 2.05) is 24.3 Å². The largest absolute Gasteiger partial charge is 0.497 e. The highest BCUT2D eigenvalue weighted by molar-refractivity contribution is 8.13. The number of carbonyl (C=O) groups is 1. The van der Waals surface area contributed by atoms with Crippen LogP contribution in [0.1, 0.15) is 5.56 Å². The van der Waals surface area contributed by atoms with Crippen molar-refractivity contribution in [3.8, 4) is 5.75 Å². The molecule has 1 amide bonds. The van der Waals surface area contributed by atoms with Gasteiger partial charge in [-0.3, -0.25) is 4.79 Å². The molecule has 0 bridgehead atoms. The number of rotatable bonds is 4. The molecule has 1 aromatic carbocycles. The Morgan fingerprint density at radius 2 is 2.18 bits per heavy atom. The van der Waals surface area contributed by atoms with Crippen LogP contribution in [0.5, 0.6) is 5.75 Å². The van der Waals surface area contributed by atoms with E-state index in [1.165, 1.54) is 11.8 Å². The number of benzene rings is 1. The molecule has 1 aliphatic rings. The third-order valence-corrected chi connectivity index (χ3v) is 3.83. The van der Waals surface area contributed by atoms with E-state index in [2.05, 4.69) is 0 Å². The summed E-state index contributed by atoms with van der Waals surface area (Å²) < 4.78 is 5.08. The van der Waals surface area contributed by atoms with Gasteiger partial charge in [-0.05, 0) is 17.7 Å². The minimum absolute atomic E-state index is 0.0227. The molecule has 2 rings (SSSR count). The molecule has 0 saturated carbocycles. The van der Waals surface area contributed by atoms with E-state index in [0.717, 1.165) is 11.3 Å². The summed E-state index contributed by atoms with van der Waals surface area (Å²) in [6.45, 7) is 0.565. The lowest BCUT2D eigenvalue weighted by Gasteiger charge is -2.22. The second-order valence-electron chi connectivity index (χ2n) is 3.89. The van der Waals surface area contributed by atoms with Gasteiger partial charge in [0.2, 0.25) is 0 Å². The van der Waals surface area contributed by atoms with Gasteiger partial charge in [0, 0.05) is 12.3 Å². The maximum Gasteiger partial charge on any atom is 0.282 e. The SMILES string of the molecule is COc1ccc(CN2C(=O)SC[C@H]2CO)cc1. The highest BCUT2D eigenvalue weighted by Crippen LogP contribution is 2.26. The van der Waals surface area contributed by atoms with Crippen LogP contribution in [-0.4, -0.2) is 40.8 Å². The molecule has 1 saturated heterocycles. The second-order valence-corrected chi connectivity index (χ2v) is 4.86. The fraction of sp³-hybridized carbons (Fsp3) is 0.417. The molecule has 0 radical (unpaired) electrons. The van der Waals surface area contributed by atoms with Gasteiger partial charge in [-0.15, -0.1) is 0 Å². The minimum Gasteiger partial charge on any atom is -0.497 e. The lowest BCUT2D eigenvalue weighted by atomic mass is 10.2. The number of carbonyl (C=O) groups excluding carboxylic acids is 1. The summed E-state index contributed by atoms with van der Waals surface area (Å²) in [6, 6.07) is 7.55. The topological polar surface area (TPSA) is 49.8 Å². The number of ether oxygens (including phenoxy) is 1.